The predicted molar refractivity (Wildman–Crippen MR) is 80.6 cm³/mol. The van der Waals surface area contributed by atoms with Gasteiger partial charge in [-0.3, -0.25) is 4.79 Å². The second-order valence-corrected chi connectivity index (χ2v) is 5.64. The first-order chi connectivity index (χ1) is 9.04. The minimum absolute atomic E-state index is 0.138. The summed E-state index contributed by atoms with van der Waals surface area (Å²) in [6.45, 7) is 1.95. The van der Waals surface area contributed by atoms with Gasteiger partial charge in [-0.2, -0.15) is 0 Å². The molecule has 2 rings (SSSR count). The first kappa shape index (κ1) is 14.0. The molecule has 0 unspecified atom stereocenters. The molecule has 19 heavy (non-hydrogen) atoms. The fourth-order valence-electron chi connectivity index (χ4n) is 1.69. The zero-order valence-corrected chi connectivity index (χ0v) is 13.0. The molecule has 1 amide bonds. The highest BCUT2D eigenvalue weighted by Gasteiger charge is 2.21. The van der Waals surface area contributed by atoms with Crippen LogP contribution in [0.15, 0.2) is 22.7 Å². The van der Waals surface area contributed by atoms with Crippen LogP contribution in [0, 0.1) is 0 Å². The summed E-state index contributed by atoms with van der Waals surface area (Å²) < 4.78 is 4.71. The number of nitrogen functional groups attached to an aromatic ring is 1. The lowest BCUT2D eigenvalue weighted by atomic mass is 10.2. The number of rotatable bonds is 3. The van der Waals surface area contributed by atoms with E-state index in [0.29, 0.717) is 22.7 Å². The Morgan fingerprint density at radius 2 is 2.26 bits per heavy atom. The minimum Gasteiger partial charge on any atom is -0.397 e. The van der Waals surface area contributed by atoms with Gasteiger partial charge in [-0.1, -0.05) is 27.3 Å². The van der Waals surface area contributed by atoms with E-state index in [1.54, 1.807) is 19.2 Å². The van der Waals surface area contributed by atoms with Crippen LogP contribution in [0.4, 0.5) is 11.4 Å². The highest BCUT2D eigenvalue weighted by molar-refractivity contribution is 9.10. The van der Waals surface area contributed by atoms with Crippen molar-refractivity contribution in [3.05, 3.63) is 33.2 Å². The van der Waals surface area contributed by atoms with Gasteiger partial charge in [0, 0.05) is 11.5 Å². The van der Waals surface area contributed by atoms with E-state index in [0.717, 1.165) is 21.7 Å². The molecule has 1 heterocycles. The molecule has 0 spiro atoms. The maximum absolute atomic E-state index is 12.4. The molecule has 100 valence electrons. The van der Waals surface area contributed by atoms with Crippen LogP contribution in [0.25, 0.3) is 0 Å². The number of amides is 1. The molecule has 0 bridgehead atoms. The van der Waals surface area contributed by atoms with Gasteiger partial charge in [0.05, 0.1) is 17.1 Å². The molecule has 5 nitrogen and oxygen atoms in total. The maximum Gasteiger partial charge on any atom is 0.271 e. The third-order valence-electron chi connectivity index (χ3n) is 2.74. The molecule has 0 fully saturated rings. The smallest absolute Gasteiger partial charge is 0.271 e. The molecule has 0 saturated heterocycles. The number of aromatic nitrogens is 2. The highest BCUT2D eigenvalue weighted by Crippen LogP contribution is 2.27. The number of benzene rings is 1. The van der Waals surface area contributed by atoms with Crippen molar-refractivity contribution in [2.75, 3.05) is 17.7 Å². The van der Waals surface area contributed by atoms with Crippen molar-refractivity contribution in [2.45, 2.75) is 13.3 Å². The van der Waals surface area contributed by atoms with Crippen molar-refractivity contribution in [3.63, 3.8) is 0 Å². The molecular weight excluding hydrogens is 328 g/mol. The number of halogens is 1. The fourth-order valence-corrected chi connectivity index (χ4v) is 2.80. The van der Waals surface area contributed by atoms with E-state index in [1.165, 1.54) is 4.90 Å². The van der Waals surface area contributed by atoms with Crippen molar-refractivity contribution in [2.24, 2.45) is 0 Å². The molecule has 0 aliphatic carbocycles. The van der Waals surface area contributed by atoms with E-state index < -0.39 is 0 Å². The van der Waals surface area contributed by atoms with Gasteiger partial charge in [0.25, 0.3) is 5.91 Å². The van der Waals surface area contributed by atoms with Crippen LogP contribution < -0.4 is 10.6 Å². The van der Waals surface area contributed by atoms with Crippen LogP contribution in [0.2, 0.25) is 0 Å². The fraction of sp³-hybridized carbons (Fsp3) is 0.250. The Labute approximate surface area is 123 Å². The quantitative estimate of drug-likeness (QED) is 0.872. The Balaban J connectivity index is 2.33. The Morgan fingerprint density at radius 3 is 2.89 bits per heavy atom. The van der Waals surface area contributed by atoms with Crippen molar-refractivity contribution < 1.29 is 4.79 Å². The van der Waals surface area contributed by atoms with E-state index >= 15 is 0 Å². The molecule has 2 N–H and O–H groups in total. The van der Waals surface area contributed by atoms with Gasteiger partial charge in [-0.25, -0.2) is 0 Å². The molecule has 2 aromatic rings. The van der Waals surface area contributed by atoms with Crippen LogP contribution in [-0.2, 0) is 6.42 Å². The standard InChI is InChI=1S/C12H13BrN4OS/c1-3-9-11(19-16-15-9)12(18)17(2)10-5-4-7(13)6-8(10)14/h4-6H,3,14H2,1-2H3. The highest BCUT2D eigenvalue weighted by atomic mass is 79.9. The van der Waals surface area contributed by atoms with Crippen LogP contribution in [0.1, 0.15) is 22.3 Å². The average molecular weight is 341 g/mol. The van der Waals surface area contributed by atoms with Crippen molar-refractivity contribution in [3.8, 4) is 0 Å². The molecule has 0 atom stereocenters. The second kappa shape index (κ2) is 5.66. The SMILES string of the molecule is CCc1nnsc1C(=O)N(C)c1ccc(Br)cc1N. The lowest BCUT2D eigenvalue weighted by Crippen LogP contribution is -2.27. The lowest BCUT2D eigenvalue weighted by molar-refractivity contribution is 0.0996. The molecule has 0 saturated carbocycles. The number of hydrogen-bond acceptors (Lipinski definition) is 5. The first-order valence-corrected chi connectivity index (χ1v) is 7.25. The molecule has 0 aliphatic rings. The largest absolute Gasteiger partial charge is 0.397 e. The van der Waals surface area contributed by atoms with Gasteiger partial charge in [0.15, 0.2) is 0 Å². The van der Waals surface area contributed by atoms with Gasteiger partial charge in [-0.15, -0.1) is 5.10 Å². The number of hydrogen-bond donors (Lipinski definition) is 1. The molecule has 0 aliphatic heterocycles. The Hall–Kier alpha value is -1.47. The van der Waals surface area contributed by atoms with E-state index in [1.807, 2.05) is 13.0 Å². The number of carbonyl (C=O) groups excluding carboxylic acids is 1. The molecular formula is C12H13BrN4OS. The number of nitrogens with zero attached hydrogens (tertiary/aromatic N) is 3. The van der Waals surface area contributed by atoms with E-state index in [2.05, 4.69) is 25.5 Å². The normalized spacial score (nSPS) is 10.5. The van der Waals surface area contributed by atoms with Gasteiger partial charge in [-0.05, 0) is 36.2 Å². The van der Waals surface area contributed by atoms with Crippen LogP contribution >= 0.6 is 27.5 Å². The Kier molecular flexibility index (Phi) is 4.16. The third kappa shape index (κ3) is 2.76. The van der Waals surface area contributed by atoms with Crippen LogP contribution in [-0.4, -0.2) is 22.5 Å². The van der Waals surface area contributed by atoms with Gasteiger partial charge in [0.2, 0.25) is 0 Å². The van der Waals surface area contributed by atoms with E-state index in [4.69, 9.17) is 5.73 Å². The predicted octanol–water partition coefficient (Wildman–Crippen LogP) is 2.72. The van der Waals surface area contributed by atoms with Gasteiger partial charge in [0.1, 0.15) is 4.88 Å². The number of anilines is 2. The summed E-state index contributed by atoms with van der Waals surface area (Å²) in [4.78, 5) is 14.5. The van der Waals surface area contributed by atoms with Crippen molar-refractivity contribution in [1.82, 2.24) is 9.59 Å². The summed E-state index contributed by atoms with van der Waals surface area (Å²) in [5.74, 6) is -0.138. The number of nitrogens with two attached hydrogens (primary N) is 1. The zero-order chi connectivity index (χ0) is 14.0. The molecule has 0 radical (unpaired) electrons. The summed E-state index contributed by atoms with van der Waals surface area (Å²) in [7, 11) is 1.70. The summed E-state index contributed by atoms with van der Waals surface area (Å²) in [6, 6.07) is 5.42. The Bertz CT molecular complexity index is 614. The van der Waals surface area contributed by atoms with E-state index in [-0.39, 0.29) is 5.91 Å². The summed E-state index contributed by atoms with van der Waals surface area (Å²) in [6.07, 6.45) is 0.682. The summed E-state index contributed by atoms with van der Waals surface area (Å²) in [5.41, 5.74) is 7.86. The molecule has 1 aromatic carbocycles. The van der Waals surface area contributed by atoms with Crippen LogP contribution in [0.5, 0.6) is 0 Å². The van der Waals surface area contributed by atoms with Gasteiger partial charge < -0.3 is 10.6 Å². The first-order valence-electron chi connectivity index (χ1n) is 5.69. The summed E-state index contributed by atoms with van der Waals surface area (Å²) >= 11 is 4.45. The average Bonchev–Trinajstić information content (AvgIpc) is 2.85. The zero-order valence-electron chi connectivity index (χ0n) is 10.6. The van der Waals surface area contributed by atoms with Gasteiger partial charge >= 0.3 is 0 Å². The maximum atomic E-state index is 12.4. The molecule has 1 aromatic heterocycles. The van der Waals surface area contributed by atoms with E-state index in [9.17, 15) is 4.79 Å². The lowest BCUT2D eigenvalue weighted by Gasteiger charge is -2.18. The third-order valence-corrected chi connectivity index (χ3v) is 3.99. The minimum atomic E-state index is -0.138. The monoisotopic (exact) mass is 340 g/mol. The molecule has 7 heteroatoms. The summed E-state index contributed by atoms with van der Waals surface area (Å²) in [5, 5.41) is 3.95. The topological polar surface area (TPSA) is 72.1 Å². The van der Waals surface area contributed by atoms with Crippen LogP contribution in [0.3, 0.4) is 0 Å². The second-order valence-electron chi connectivity index (χ2n) is 3.97. The number of carbonyl (C=O) groups is 1. The Morgan fingerprint density at radius 1 is 1.53 bits per heavy atom. The van der Waals surface area contributed by atoms with Crippen molar-refractivity contribution >= 4 is 44.7 Å². The number of aryl methyl sites for hydroxylation is 1. The van der Waals surface area contributed by atoms with Crippen molar-refractivity contribution in [1.29, 1.82) is 0 Å².